The Labute approximate surface area is 202 Å². The maximum atomic E-state index is 12.8. The molecule has 3 aromatic rings. The summed E-state index contributed by atoms with van der Waals surface area (Å²) in [6, 6.07) is 7.18. The number of aromatic nitrogens is 4. The van der Waals surface area contributed by atoms with Crippen LogP contribution in [0.15, 0.2) is 35.6 Å². The van der Waals surface area contributed by atoms with Gasteiger partial charge in [-0.2, -0.15) is 14.6 Å². The molecule has 34 heavy (non-hydrogen) atoms. The second kappa shape index (κ2) is 10.3. The normalized spacial score (nSPS) is 16.1. The molecule has 2 aromatic heterocycles. The molecule has 0 spiro atoms. The molecule has 2 amide bonds. The molecule has 1 atom stereocenters. The topological polar surface area (TPSA) is 125 Å². The smallest absolute Gasteiger partial charge is 0.407 e. The number of hydrogen-bond acceptors (Lipinski definition) is 7. The first-order chi connectivity index (χ1) is 16.4. The Hall–Kier alpha value is -3.34. The van der Waals surface area contributed by atoms with E-state index in [0.717, 1.165) is 29.6 Å². The number of hydrogen-bond donors (Lipinski definition) is 3. The molecule has 0 radical (unpaired) electrons. The highest BCUT2D eigenvalue weighted by Crippen LogP contribution is 2.23. The lowest BCUT2D eigenvalue weighted by molar-refractivity contribution is 0.0888. The Morgan fingerprint density at radius 3 is 2.85 bits per heavy atom. The van der Waals surface area contributed by atoms with Gasteiger partial charge in [-0.3, -0.25) is 4.79 Å². The zero-order valence-electron chi connectivity index (χ0n) is 19.5. The van der Waals surface area contributed by atoms with Gasteiger partial charge in [0, 0.05) is 36.8 Å². The quantitative estimate of drug-likeness (QED) is 0.437. The van der Waals surface area contributed by atoms with Crippen molar-refractivity contribution in [1.29, 1.82) is 0 Å². The fourth-order valence-electron chi connectivity index (χ4n) is 4.03. The largest absolute Gasteiger partial charge is 0.465 e. The van der Waals surface area contributed by atoms with Crippen molar-refractivity contribution in [1.82, 2.24) is 29.8 Å². The summed E-state index contributed by atoms with van der Waals surface area (Å²) < 4.78 is 1.71. The molecule has 1 aliphatic heterocycles. The number of nitrogens with zero attached hydrogens (tertiary/aromatic N) is 5. The Bertz CT molecular complexity index is 1200. The van der Waals surface area contributed by atoms with Gasteiger partial charge in [-0.15, -0.1) is 0 Å². The minimum atomic E-state index is -0.951. The number of carboxylic acid groups (broad SMARTS) is 1. The summed E-state index contributed by atoms with van der Waals surface area (Å²) in [5.41, 5.74) is 3.29. The molecule has 0 saturated carbocycles. The molecule has 0 unspecified atom stereocenters. The van der Waals surface area contributed by atoms with E-state index in [0.29, 0.717) is 36.3 Å². The predicted octanol–water partition coefficient (Wildman–Crippen LogP) is 3.45. The van der Waals surface area contributed by atoms with Crippen LogP contribution in [0.25, 0.3) is 5.65 Å². The molecule has 180 valence electrons. The molecule has 3 heterocycles. The van der Waals surface area contributed by atoms with Gasteiger partial charge in [0.05, 0.1) is 6.20 Å². The molecule has 1 fully saturated rings. The summed E-state index contributed by atoms with van der Waals surface area (Å²) in [4.78, 5) is 34.6. The van der Waals surface area contributed by atoms with Gasteiger partial charge >= 0.3 is 6.09 Å². The fourth-order valence-corrected chi connectivity index (χ4v) is 4.38. The summed E-state index contributed by atoms with van der Waals surface area (Å²) >= 11 is 1.47. The van der Waals surface area contributed by atoms with Crippen molar-refractivity contribution in [2.24, 2.45) is 0 Å². The van der Waals surface area contributed by atoms with E-state index < -0.39 is 6.09 Å². The number of rotatable bonds is 7. The zero-order valence-corrected chi connectivity index (χ0v) is 20.3. The van der Waals surface area contributed by atoms with Crippen molar-refractivity contribution in [2.45, 2.75) is 50.4 Å². The molecule has 4 rings (SSSR count). The van der Waals surface area contributed by atoms with Gasteiger partial charge in [-0.25, -0.2) is 9.78 Å². The highest BCUT2D eigenvalue weighted by atomic mass is 32.2. The maximum Gasteiger partial charge on any atom is 0.407 e. The highest BCUT2D eigenvalue weighted by molar-refractivity contribution is 7.98. The third kappa shape index (κ3) is 5.24. The van der Waals surface area contributed by atoms with E-state index in [-0.39, 0.29) is 17.9 Å². The van der Waals surface area contributed by atoms with Crippen LogP contribution in [0, 0.1) is 0 Å². The second-order valence-electron chi connectivity index (χ2n) is 8.62. The Morgan fingerprint density at radius 1 is 1.29 bits per heavy atom. The third-order valence-corrected chi connectivity index (χ3v) is 6.39. The third-order valence-electron chi connectivity index (χ3n) is 5.85. The Balaban J connectivity index is 1.46. The van der Waals surface area contributed by atoms with E-state index in [1.807, 2.05) is 30.7 Å². The number of amides is 2. The number of piperidine rings is 1. The van der Waals surface area contributed by atoms with E-state index in [9.17, 15) is 14.7 Å². The highest BCUT2D eigenvalue weighted by Gasteiger charge is 2.24. The van der Waals surface area contributed by atoms with Crippen LogP contribution in [0.4, 0.5) is 10.7 Å². The standard InChI is InChI=1S/C23H29N7O3S/c1-14(2)18-12-25-30-19(18)27-22(34-3)28-21(30)24-11-15-6-4-7-16(10-15)20(31)26-17-8-5-9-29(13-17)23(32)33/h4,6-7,10,12,14,17H,5,8-9,11,13H2,1-3H3,(H,26,31)(H,32,33)(H,24,27,28)/t17-/m0/s1. The van der Waals surface area contributed by atoms with Crippen molar-refractivity contribution in [2.75, 3.05) is 24.7 Å². The van der Waals surface area contributed by atoms with E-state index in [1.54, 1.807) is 10.6 Å². The van der Waals surface area contributed by atoms with Crippen molar-refractivity contribution >= 4 is 35.4 Å². The van der Waals surface area contributed by atoms with Gasteiger partial charge in [0.1, 0.15) is 0 Å². The van der Waals surface area contributed by atoms with Gasteiger partial charge < -0.3 is 20.6 Å². The molecule has 1 saturated heterocycles. The van der Waals surface area contributed by atoms with Crippen LogP contribution in [0.1, 0.15) is 54.1 Å². The fraction of sp³-hybridized carbons (Fsp3) is 0.435. The minimum absolute atomic E-state index is 0.187. The summed E-state index contributed by atoms with van der Waals surface area (Å²) in [5.74, 6) is 0.672. The summed E-state index contributed by atoms with van der Waals surface area (Å²) in [6.07, 6.45) is 4.31. The number of anilines is 1. The van der Waals surface area contributed by atoms with Crippen LogP contribution in [0.2, 0.25) is 0 Å². The molecule has 1 aliphatic rings. The first-order valence-corrected chi connectivity index (χ1v) is 12.5. The van der Waals surface area contributed by atoms with Crippen molar-refractivity contribution < 1.29 is 14.7 Å². The predicted molar refractivity (Wildman–Crippen MR) is 131 cm³/mol. The van der Waals surface area contributed by atoms with Gasteiger partial charge in [-0.05, 0) is 42.7 Å². The van der Waals surface area contributed by atoms with Crippen molar-refractivity contribution in [3.8, 4) is 0 Å². The SMILES string of the molecule is CSc1nc(NCc2cccc(C(=O)N[C@H]3CCCN(C(=O)O)C3)c2)n2ncc(C(C)C)c2n1. The van der Waals surface area contributed by atoms with Crippen LogP contribution >= 0.6 is 11.8 Å². The zero-order chi connectivity index (χ0) is 24.2. The first-order valence-electron chi connectivity index (χ1n) is 11.3. The molecule has 3 N–H and O–H groups in total. The van der Waals surface area contributed by atoms with Crippen LogP contribution in [0.3, 0.4) is 0 Å². The lowest BCUT2D eigenvalue weighted by Crippen LogP contribution is -2.49. The number of nitrogens with one attached hydrogen (secondary N) is 2. The average molecular weight is 484 g/mol. The van der Waals surface area contributed by atoms with Gasteiger partial charge in [0.15, 0.2) is 10.8 Å². The average Bonchev–Trinajstić information content (AvgIpc) is 3.27. The molecule has 0 bridgehead atoms. The molecule has 0 aliphatic carbocycles. The Kier molecular flexibility index (Phi) is 7.20. The van der Waals surface area contributed by atoms with Gasteiger partial charge in [0.2, 0.25) is 5.95 Å². The second-order valence-corrected chi connectivity index (χ2v) is 9.39. The van der Waals surface area contributed by atoms with E-state index >= 15 is 0 Å². The number of carbonyl (C=O) groups excluding carboxylic acids is 1. The summed E-state index contributed by atoms with van der Waals surface area (Å²) in [7, 11) is 0. The van der Waals surface area contributed by atoms with Crippen LogP contribution in [-0.4, -0.2) is 67.0 Å². The van der Waals surface area contributed by atoms with Gasteiger partial charge in [0.25, 0.3) is 5.91 Å². The van der Waals surface area contributed by atoms with Crippen LogP contribution < -0.4 is 10.6 Å². The summed E-state index contributed by atoms with van der Waals surface area (Å²) in [6.45, 7) is 5.48. The lowest BCUT2D eigenvalue weighted by atomic mass is 10.0. The number of thioether (sulfide) groups is 1. The number of fused-ring (bicyclic) bond motifs is 1. The minimum Gasteiger partial charge on any atom is -0.465 e. The van der Waals surface area contributed by atoms with E-state index in [4.69, 9.17) is 0 Å². The molecule has 11 heteroatoms. The monoisotopic (exact) mass is 483 g/mol. The maximum absolute atomic E-state index is 12.8. The molecule has 10 nitrogen and oxygen atoms in total. The molecule has 1 aromatic carbocycles. The first kappa shape index (κ1) is 23.8. The van der Waals surface area contributed by atoms with Crippen molar-refractivity contribution in [3.63, 3.8) is 0 Å². The van der Waals surface area contributed by atoms with E-state index in [2.05, 4.69) is 39.5 Å². The van der Waals surface area contributed by atoms with E-state index in [1.165, 1.54) is 16.7 Å². The summed E-state index contributed by atoms with van der Waals surface area (Å²) in [5, 5.41) is 20.6. The lowest BCUT2D eigenvalue weighted by Gasteiger charge is -2.31. The molecular formula is C23H29N7O3S. The number of carbonyl (C=O) groups is 2. The molecular weight excluding hydrogens is 454 g/mol. The van der Waals surface area contributed by atoms with Crippen LogP contribution in [0.5, 0.6) is 0 Å². The number of benzene rings is 1. The van der Waals surface area contributed by atoms with Crippen molar-refractivity contribution in [3.05, 3.63) is 47.2 Å². The number of likely N-dealkylation sites (tertiary alicyclic amines) is 1. The van der Waals surface area contributed by atoms with Crippen LogP contribution in [-0.2, 0) is 6.54 Å². The Morgan fingerprint density at radius 2 is 2.12 bits per heavy atom. The van der Waals surface area contributed by atoms with Gasteiger partial charge in [-0.1, -0.05) is 37.7 Å².